The van der Waals surface area contributed by atoms with Gasteiger partial charge in [0.1, 0.15) is 0 Å². The number of hydrogen-bond acceptors (Lipinski definition) is 2. The van der Waals surface area contributed by atoms with Crippen LogP contribution in [0.1, 0.15) is 41.0 Å². The summed E-state index contributed by atoms with van der Waals surface area (Å²) in [6.45, 7) is 14.2. The Kier molecular flexibility index (Phi) is 3.59. The van der Waals surface area contributed by atoms with E-state index in [4.69, 9.17) is 4.74 Å². The van der Waals surface area contributed by atoms with E-state index in [9.17, 15) is 0 Å². The van der Waals surface area contributed by atoms with Gasteiger partial charge in [-0.15, -0.1) is 0 Å². The molecule has 14 heavy (non-hydrogen) atoms. The molecule has 1 aliphatic rings. The van der Waals surface area contributed by atoms with Gasteiger partial charge in [-0.05, 0) is 33.1 Å². The normalized spacial score (nSPS) is 28.7. The van der Waals surface area contributed by atoms with Crippen molar-refractivity contribution in [2.45, 2.75) is 46.6 Å². The molecule has 1 aliphatic heterocycles. The van der Waals surface area contributed by atoms with Crippen LogP contribution in [0.15, 0.2) is 0 Å². The van der Waals surface area contributed by atoms with Gasteiger partial charge < -0.3 is 10.1 Å². The van der Waals surface area contributed by atoms with Crippen molar-refractivity contribution in [3.63, 3.8) is 0 Å². The number of nitrogens with one attached hydrogen (secondary N) is 1. The molecular formula is C12H25NO. The molecule has 0 aromatic carbocycles. The maximum atomic E-state index is 5.55. The SMILES string of the molecule is CC(C)C1(CNC(C)(C)C)CCOC1. The highest BCUT2D eigenvalue weighted by molar-refractivity contribution is 4.90. The molecule has 0 amide bonds. The van der Waals surface area contributed by atoms with Crippen LogP contribution in [0.4, 0.5) is 0 Å². The highest BCUT2D eigenvalue weighted by atomic mass is 16.5. The van der Waals surface area contributed by atoms with Crippen molar-refractivity contribution in [3.05, 3.63) is 0 Å². The highest BCUT2D eigenvalue weighted by Gasteiger charge is 2.38. The molecule has 1 N–H and O–H groups in total. The summed E-state index contributed by atoms with van der Waals surface area (Å²) in [6, 6.07) is 0. The first-order valence-electron chi connectivity index (χ1n) is 5.68. The van der Waals surface area contributed by atoms with Gasteiger partial charge in [0.2, 0.25) is 0 Å². The van der Waals surface area contributed by atoms with Crippen LogP contribution < -0.4 is 5.32 Å². The summed E-state index contributed by atoms with van der Waals surface area (Å²) in [6.07, 6.45) is 1.20. The third kappa shape index (κ3) is 2.96. The zero-order valence-electron chi connectivity index (χ0n) is 10.3. The summed E-state index contributed by atoms with van der Waals surface area (Å²) in [5, 5.41) is 3.61. The van der Waals surface area contributed by atoms with Gasteiger partial charge in [-0.3, -0.25) is 0 Å². The Morgan fingerprint density at radius 2 is 2.00 bits per heavy atom. The molecule has 1 rings (SSSR count). The Morgan fingerprint density at radius 3 is 2.36 bits per heavy atom. The van der Waals surface area contributed by atoms with Crippen molar-refractivity contribution in [1.82, 2.24) is 5.32 Å². The monoisotopic (exact) mass is 199 g/mol. The van der Waals surface area contributed by atoms with Crippen LogP contribution in [0.25, 0.3) is 0 Å². The molecule has 0 saturated carbocycles. The zero-order chi connectivity index (χ0) is 10.8. The summed E-state index contributed by atoms with van der Waals surface area (Å²) >= 11 is 0. The lowest BCUT2D eigenvalue weighted by Gasteiger charge is -2.35. The third-order valence-corrected chi connectivity index (χ3v) is 3.33. The Labute approximate surface area is 88.4 Å². The van der Waals surface area contributed by atoms with E-state index in [0.29, 0.717) is 11.3 Å². The minimum atomic E-state index is 0.213. The Bertz CT molecular complexity index is 175. The fourth-order valence-electron chi connectivity index (χ4n) is 1.86. The van der Waals surface area contributed by atoms with Gasteiger partial charge in [-0.1, -0.05) is 13.8 Å². The standard InChI is InChI=1S/C12H25NO/c1-10(2)12(6-7-14-9-12)8-13-11(3,4)5/h10,13H,6-9H2,1-5H3. The van der Waals surface area contributed by atoms with Gasteiger partial charge in [0.15, 0.2) is 0 Å². The maximum Gasteiger partial charge on any atom is 0.0537 e. The molecule has 1 fully saturated rings. The van der Waals surface area contributed by atoms with Crippen LogP contribution in [0.5, 0.6) is 0 Å². The second-order valence-corrected chi connectivity index (χ2v) is 5.92. The molecule has 1 atom stereocenters. The van der Waals surface area contributed by atoms with Gasteiger partial charge >= 0.3 is 0 Å². The average Bonchev–Trinajstić information content (AvgIpc) is 2.48. The van der Waals surface area contributed by atoms with E-state index in [1.165, 1.54) is 6.42 Å². The predicted octanol–water partition coefficient (Wildman–Crippen LogP) is 2.44. The van der Waals surface area contributed by atoms with Crippen LogP contribution in [-0.4, -0.2) is 25.3 Å². The van der Waals surface area contributed by atoms with Gasteiger partial charge in [0, 0.05) is 24.1 Å². The van der Waals surface area contributed by atoms with Crippen molar-refractivity contribution in [2.24, 2.45) is 11.3 Å². The second-order valence-electron chi connectivity index (χ2n) is 5.92. The van der Waals surface area contributed by atoms with E-state index in [1.807, 2.05) is 0 Å². The van der Waals surface area contributed by atoms with Crippen LogP contribution in [0.3, 0.4) is 0 Å². The molecule has 0 aromatic rings. The molecule has 1 unspecified atom stereocenters. The molecule has 0 radical (unpaired) electrons. The number of hydrogen-bond donors (Lipinski definition) is 1. The zero-order valence-corrected chi connectivity index (χ0v) is 10.3. The molecule has 2 heteroatoms. The average molecular weight is 199 g/mol. The molecule has 1 heterocycles. The lowest BCUT2D eigenvalue weighted by molar-refractivity contribution is 0.111. The Balaban J connectivity index is 2.53. The first-order chi connectivity index (χ1) is 6.36. The highest BCUT2D eigenvalue weighted by Crippen LogP contribution is 2.36. The number of ether oxygens (including phenoxy) is 1. The Morgan fingerprint density at radius 1 is 1.36 bits per heavy atom. The summed E-state index contributed by atoms with van der Waals surface area (Å²) in [4.78, 5) is 0. The maximum absolute atomic E-state index is 5.55. The van der Waals surface area contributed by atoms with E-state index in [0.717, 1.165) is 19.8 Å². The second kappa shape index (κ2) is 4.19. The van der Waals surface area contributed by atoms with Gasteiger partial charge in [-0.25, -0.2) is 0 Å². The van der Waals surface area contributed by atoms with Gasteiger partial charge in [-0.2, -0.15) is 0 Å². The fourth-order valence-corrected chi connectivity index (χ4v) is 1.86. The molecule has 0 bridgehead atoms. The summed E-state index contributed by atoms with van der Waals surface area (Å²) < 4.78 is 5.55. The first kappa shape index (κ1) is 12.0. The van der Waals surface area contributed by atoms with Crippen LogP contribution in [-0.2, 0) is 4.74 Å². The molecule has 1 saturated heterocycles. The van der Waals surface area contributed by atoms with E-state index in [-0.39, 0.29) is 5.54 Å². The van der Waals surface area contributed by atoms with E-state index >= 15 is 0 Å². The lowest BCUT2D eigenvalue weighted by atomic mass is 9.76. The van der Waals surface area contributed by atoms with Gasteiger partial charge in [0.05, 0.1) is 6.61 Å². The van der Waals surface area contributed by atoms with Crippen molar-refractivity contribution in [3.8, 4) is 0 Å². The molecule has 0 spiro atoms. The molecule has 2 nitrogen and oxygen atoms in total. The lowest BCUT2D eigenvalue weighted by Crippen LogP contribution is -2.46. The predicted molar refractivity (Wildman–Crippen MR) is 60.5 cm³/mol. The van der Waals surface area contributed by atoms with Crippen molar-refractivity contribution in [1.29, 1.82) is 0 Å². The summed E-state index contributed by atoms with van der Waals surface area (Å²) in [5.74, 6) is 0.694. The minimum absolute atomic E-state index is 0.213. The van der Waals surface area contributed by atoms with Gasteiger partial charge in [0.25, 0.3) is 0 Å². The van der Waals surface area contributed by atoms with Crippen LogP contribution in [0.2, 0.25) is 0 Å². The van der Waals surface area contributed by atoms with E-state index < -0.39 is 0 Å². The topological polar surface area (TPSA) is 21.3 Å². The molecule has 84 valence electrons. The van der Waals surface area contributed by atoms with Crippen molar-refractivity contribution in [2.75, 3.05) is 19.8 Å². The van der Waals surface area contributed by atoms with Crippen molar-refractivity contribution >= 4 is 0 Å². The number of rotatable bonds is 3. The first-order valence-corrected chi connectivity index (χ1v) is 5.68. The Hall–Kier alpha value is -0.0800. The smallest absolute Gasteiger partial charge is 0.0537 e. The molecule has 0 aliphatic carbocycles. The van der Waals surface area contributed by atoms with Crippen LogP contribution >= 0.6 is 0 Å². The molecular weight excluding hydrogens is 174 g/mol. The molecule has 0 aromatic heterocycles. The van der Waals surface area contributed by atoms with Crippen LogP contribution in [0, 0.1) is 11.3 Å². The van der Waals surface area contributed by atoms with E-state index in [2.05, 4.69) is 39.9 Å². The third-order valence-electron chi connectivity index (χ3n) is 3.33. The largest absolute Gasteiger partial charge is 0.381 e. The summed E-state index contributed by atoms with van der Waals surface area (Å²) in [5.41, 5.74) is 0.581. The quantitative estimate of drug-likeness (QED) is 0.754. The fraction of sp³-hybridized carbons (Fsp3) is 1.00. The minimum Gasteiger partial charge on any atom is -0.381 e. The van der Waals surface area contributed by atoms with E-state index in [1.54, 1.807) is 0 Å². The van der Waals surface area contributed by atoms with Crippen molar-refractivity contribution < 1.29 is 4.74 Å². The summed E-state index contributed by atoms with van der Waals surface area (Å²) in [7, 11) is 0.